The molecule has 1 aromatic carbocycles. The van der Waals surface area contributed by atoms with Gasteiger partial charge in [0.1, 0.15) is 0 Å². The molecule has 118 valence electrons. The van der Waals surface area contributed by atoms with Gasteiger partial charge in [-0.15, -0.1) is 0 Å². The van der Waals surface area contributed by atoms with Crippen LogP contribution in [0.3, 0.4) is 0 Å². The van der Waals surface area contributed by atoms with Crippen LogP contribution < -0.4 is 0 Å². The highest BCUT2D eigenvalue weighted by Crippen LogP contribution is 2.12. The van der Waals surface area contributed by atoms with Crippen molar-refractivity contribution >= 4 is 23.4 Å². The second kappa shape index (κ2) is 8.18. The molecule has 0 spiro atoms. The van der Waals surface area contributed by atoms with E-state index in [-0.39, 0.29) is 17.1 Å². The molecule has 23 heavy (non-hydrogen) atoms. The van der Waals surface area contributed by atoms with E-state index in [0.29, 0.717) is 18.7 Å². The fourth-order valence-corrected chi connectivity index (χ4v) is 2.32. The molecule has 0 aliphatic heterocycles. The Balaban J connectivity index is 2.16. The Bertz CT molecular complexity index is 704. The second-order valence-electron chi connectivity index (χ2n) is 5.26. The number of hydrogen-bond acceptors (Lipinski definition) is 3. The predicted molar refractivity (Wildman–Crippen MR) is 94.7 cm³/mol. The van der Waals surface area contributed by atoms with Crippen LogP contribution in [0.1, 0.15) is 31.4 Å². The van der Waals surface area contributed by atoms with Crippen LogP contribution >= 0.6 is 0 Å². The highest BCUT2D eigenvalue weighted by molar-refractivity contribution is 6.52. The Hall–Kier alpha value is -2.55. The first-order chi connectivity index (χ1) is 11.2. The fraction of sp³-hybridized carbons (Fsp3) is 0.250. The number of hydrogen-bond donors (Lipinski definition) is 0. The van der Waals surface area contributed by atoms with Crippen LogP contribution in [-0.2, 0) is 16.0 Å². The highest BCUT2D eigenvalue weighted by Gasteiger charge is 2.21. The lowest BCUT2D eigenvalue weighted by atomic mass is 10.0. The summed E-state index contributed by atoms with van der Waals surface area (Å²) >= 11 is 0. The Morgan fingerprint density at radius 1 is 1.22 bits per heavy atom. The molecule has 0 N–H and O–H groups in total. The van der Waals surface area contributed by atoms with Gasteiger partial charge in [-0.3, -0.25) is 14.6 Å². The molecule has 2 rings (SSSR count). The molecule has 0 unspecified atom stereocenters. The van der Waals surface area contributed by atoms with Gasteiger partial charge in [0, 0.05) is 13.0 Å². The average molecular weight is 307 g/mol. The molecule has 0 atom stereocenters. The zero-order valence-corrected chi connectivity index (χ0v) is 13.6. The Morgan fingerprint density at radius 2 is 1.96 bits per heavy atom. The molecule has 1 aromatic rings. The van der Waals surface area contributed by atoms with Crippen LogP contribution in [0.4, 0.5) is 0 Å². The van der Waals surface area contributed by atoms with E-state index in [9.17, 15) is 9.59 Å². The van der Waals surface area contributed by atoms with Gasteiger partial charge < -0.3 is 0 Å². The minimum Gasteiger partial charge on any atom is -0.289 e. The summed E-state index contributed by atoms with van der Waals surface area (Å²) in [6, 6.07) is 8.01. The van der Waals surface area contributed by atoms with Crippen molar-refractivity contribution in [3.8, 4) is 0 Å². The van der Waals surface area contributed by atoms with Crippen molar-refractivity contribution in [2.24, 2.45) is 4.99 Å². The van der Waals surface area contributed by atoms with Gasteiger partial charge in [-0.2, -0.15) is 0 Å². The number of benzene rings is 1. The van der Waals surface area contributed by atoms with E-state index < -0.39 is 0 Å². The van der Waals surface area contributed by atoms with Crippen molar-refractivity contribution in [1.29, 1.82) is 0 Å². The molecule has 0 bridgehead atoms. The average Bonchev–Trinajstić information content (AvgIpc) is 2.76. The molecule has 0 saturated carbocycles. The van der Waals surface area contributed by atoms with Crippen LogP contribution in [0.2, 0.25) is 0 Å². The number of carbonyl (C=O) groups is 2. The summed E-state index contributed by atoms with van der Waals surface area (Å²) in [5.74, 6) is -0.558. The van der Waals surface area contributed by atoms with Gasteiger partial charge in [-0.05, 0) is 36.6 Å². The number of carbonyl (C=O) groups excluding carboxylic acids is 2. The largest absolute Gasteiger partial charge is 0.289 e. The van der Waals surface area contributed by atoms with Crippen LogP contribution in [0.5, 0.6) is 0 Å². The van der Waals surface area contributed by atoms with Crippen molar-refractivity contribution in [3.05, 3.63) is 65.3 Å². The number of Topliss-reactive ketones (excluding diaryl/α,β-unsaturated/α-hetero) is 1. The van der Waals surface area contributed by atoms with Gasteiger partial charge >= 0.3 is 0 Å². The summed E-state index contributed by atoms with van der Waals surface area (Å²) in [6.45, 7) is 4.51. The normalized spacial score (nSPS) is 16.7. The smallest absolute Gasteiger partial charge is 0.210 e. The van der Waals surface area contributed by atoms with Gasteiger partial charge in [-0.1, -0.05) is 49.4 Å². The van der Waals surface area contributed by atoms with Crippen molar-refractivity contribution in [2.75, 3.05) is 6.54 Å². The molecule has 3 heteroatoms. The van der Waals surface area contributed by atoms with Gasteiger partial charge in [0.25, 0.3) is 0 Å². The standard InChI is InChI=1S/C20H21NO2/c1-3-15-9-11-16(12-10-15)13-14-19(22)17-7-5-6-8-18(20(17)23)21-4-2/h5-7,9-14H,3-4,8H2,1-2H3/b14-13+,21-18?. The Kier molecular flexibility index (Phi) is 5.98. The molecule has 3 nitrogen and oxygen atoms in total. The molecule has 0 amide bonds. The maximum atomic E-state index is 12.4. The minimum absolute atomic E-state index is 0.173. The van der Waals surface area contributed by atoms with Gasteiger partial charge in [0.2, 0.25) is 5.78 Å². The highest BCUT2D eigenvalue weighted by atomic mass is 16.1. The first-order valence-electron chi connectivity index (χ1n) is 7.92. The van der Waals surface area contributed by atoms with Crippen molar-refractivity contribution in [1.82, 2.24) is 0 Å². The summed E-state index contributed by atoms with van der Waals surface area (Å²) in [5, 5.41) is 0. The number of aliphatic imine (C=N–C) groups is 1. The summed E-state index contributed by atoms with van der Waals surface area (Å²) in [5.41, 5.74) is 2.81. The monoisotopic (exact) mass is 307 g/mol. The first-order valence-corrected chi connectivity index (χ1v) is 7.92. The quantitative estimate of drug-likeness (QED) is 0.614. The summed E-state index contributed by atoms with van der Waals surface area (Å²) in [4.78, 5) is 28.9. The lowest BCUT2D eigenvalue weighted by Crippen LogP contribution is -2.20. The third kappa shape index (κ3) is 4.46. The molecule has 0 heterocycles. The fourth-order valence-electron chi connectivity index (χ4n) is 2.32. The SMILES string of the molecule is CCN=C1CC=CC=C(C(=O)/C=C/c2ccc(CC)cc2)C1=O. The third-order valence-corrected chi connectivity index (χ3v) is 3.65. The summed E-state index contributed by atoms with van der Waals surface area (Å²) in [6.07, 6.45) is 9.81. The van der Waals surface area contributed by atoms with Gasteiger partial charge in [0.05, 0.1) is 11.3 Å². The van der Waals surface area contributed by atoms with Gasteiger partial charge in [0.15, 0.2) is 5.78 Å². The molecular weight excluding hydrogens is 286 g/mol. The minimum atomic E-state index is -0.287. The number of nitrogens with zero attached hydrogens (tertiary/aromatic N) is 1. The molecule has 0 radical (unpaired) electrons. The summed E-state index contributed by atoms with van der Waals surface area (Å²) in [7, 11) is 0. The van der Waals surface area contributed by atoms with Gasteiger partial charge in [-0.25, -0.2) is 0 Å². The van der Waals surface area contributed by atoms with E-state index in [0.717, 1.165) is 12.0 Å². The van der Waals surface area contributed by atoms with E-state index in [1.54, 1.807) is 18.2 Å². The van der Waals surface area contributed by atoms with Crippen molar-refractivity contribution in [2.45, 2.75) is 26.7 Å². The molecule has 1 aliphatic rings. The van der Waals surface area contributed by atoms with Crippen molar-refractivity contribution in [3.63, 3.8) is 0 Å². The topological polar surface area (TPSA) is 46.5 Å². The maximum Gasteiger partial charge on any atom is 0.210 e. The predicted octanol–water partition coefficient (Wildman–Crippen LogP) is 3.75. The molecule has 1 aliphatic carbocycles. The maximum absolute atomic E-state index is 12.4. The number of aryl methyl sites for hydroxylation is 1. The number of ketones is 2. The van der Waals surface area contributed by atoms with Crippen LogP contribution in [0, 0.1) is 0 Å². The van der Waals surface area contributed by atoms with E-state index in [1.165, 1.54) is 11.6 Å². The number of allylic oxidation sites excluding steroid dienone is 5. The zero-order valence-electron chi connectivity index (χ0n) is 13.6. The van der Waals surface area contributed by atoms with Crippen molar-refractivity contribution < 1.29 is 9.59 Å². The lowest BCUT2D eigenvalue weighted by molar-refractivity contribution is -0.116. The van der Waals surface area contributed by atoms with Crippen LogP contribution in [0.25, 0.3) is 6.08 Å². The molecule has 0 aromatic heterocycles. The lowest BCUT2D eigenvalue weighted by Gasteiger charge is -2.03. The third-order valence-electron chi connectivity index (χ3n) is 3.65. The zero-order chi connectivity index (χ0) is 16.7. The molecule has 0 fully saturated rings. The number of rotatable bonds is 5. The van der Waals surface area contributed by atoms with E-state index in [4.69, 9.17) is 0 Å². The molecule has 0 saturated heterocycles. The van der Waals surface area contributed by atoms with E-state index >= 15 is 0 Å². The Morgan fingerprint density at radius 3 is 2.61 bits per heavy atom. The molecular formula is C20H21NO2. The van der Waals surface area contributed by atoms with Crippen LogP contribution in [0.15, 0.2) is 59.1 Å². The summed E-state index contributed by atoms with van der Waals surface area (Å²) < 4.78 is 0. The second-order valence-corrected chi connectivity index (χ2v) is 5.26. The van der Waals surface area contributed by atoms with E-state index in [2.05, 4.69) is 11.9 Å². The van der Waals surface area contributed by atoms with E-state index in [1.807, 2.05) is 37.3 Å². The Labute approximate surface area is 137 Å². The van der Waals surface area contributed by atoms with Crippen LogP contribution in [-0.4, -0.2) is 23.8 Å². The first kappa shape index (κ1) is 16.8.